The predicted octanol–water partition coefficient (Wildman–Crippen LogP) is 2.08. The highest BCUT2D eigenvalue weighted by Gasteiger charge is 2.30. The standard InChI is InChI=1S/C16H21N3O/c1-4-13(12-6-8-20-10-12)16-14(5-1)15(18-19-16)11-3-2-7-17-9-11/h1,3-5,12,15,17-19H,2,6-10H2/t12-,15?/m1/s1. The molecule has 4 heteroatoms. The number of nitrogens with one attached hydrogen (secondary N) is 3. The first kappa shape index (κ1) is 12.4. The summed E-state index contributed by atoms with van der Waals surface area (Å²) in [4.78, 5) is 0. The van der Waals surface area contributed by atoms with Crippen LogP contribution in [0.3, 0.4) is 0 Å². The maximum atomic E-state index is 5.54. The second-order valence-corrected chi connectivity index (χ2v) is 5.82. The summed E-state index contributed by atoms with van der Waals surface area (Å²) in [6, 6.07) is 6.97. The normalized spacial score (nSPS) is 28.9. The molecule has 1 aromatic carbocycles. The molecule has 1 unspecified atom stereocenters. The Kier molecular flexibility index (Phi) is 3.22. The Morgan fingerprint density at radius 1 is 1.20 bits per heavy atom. The number of ether oxygens (including phenoxy) is 1. The lowest BCUT2D eigenvalue weighted by Crippen LogP contribution is -2.30. The Bertz CT molecular complexity index is 535. The van der Waals surface area contributed by atoms with Crippen LogP contribution in [0.15, 0.2) is 29.8 Å². The largest absolute Gasteiger partial charge is 0.381 e. The summed E-state index contributed by atoms with van der Waals surface area (Å²) in [5, 5.41) is 3.46. The molecule has 20 heavy (non-hydrogen) atoms. The van der Waals surface area contributed by atoms with Crippen LogP contribution < -0.4 is 16.2 Å². The Morgan fingerprint density at radius 3 is 2.95 bits per heavy atom. The van der Waals surface area contributed by atoms with E-state index in [4.69, 9.17) is 4.74 Å². The summed E-state index contributed by atoms with van der Waals surface area (Å²) in [5.74, 6) is 0.538. The molecule has 0 saturated carbocycles. The van der Waals surface area contributed by atoms with Crippen molar-refractivity contribution in [1.82, 2.24) is 10.7 Å². The van der Waals surface area contributed by atoms with E-state index < -0.39 is 0 Å². The molecule has 0 aromatic heterocycles. The molecule has 3 aliphatic heterocycles. The van der Waals surface area contributed by atoms with Gasteiger partial charge >= 0.3 is 0 Å². The van der Waals surface area contributed by atoms with E-state index in [-0.39, 0.29) is 0 Å². The summed E-state index contributed by atoms with van der Waals surface area (Å²) < 4.78 is 5.54. The van der Waals surface area contributed by atoms with E-state index in [1.54, 1.807) is 0 Å². The lowest BCUT2D eigenvalue weighted by atomic mass is 9.90. The van der Waals surface area contributed by atoms with Gasteiger partial charge in [-0.3, -0.25) is 0 Å². The molecular formula is C16H21N3O. The molecule has 3 aliphatic rings. The van der Waals surface area contributed by atoms with Gasteiger partial charge in [-0.05, 0) is 36.1 Å². The van der Waals surface area contributed by atoms with Crippen molar-refractivity contribution in [3.8, 4) is 0 Å². The van der Waals surface area contributed by atoms with Crippen molar-refractivity contribution >= 4 is 5.69 Å². The van der Waals surface area contributed by atoms with Crippen molar-refractivity contribution in [3.63, 3.8) is 0 Å². The molecule has 0 aliphatic carbocycles. The Labute approximate surface area is 119 Å². The zero-order valence-corrected chi connectivity index (χ0v) is 11.6. The topological polar surface area (TPSA) is 45.3 Å². The molecule has 4 nitrogen and oxygen atoms in total. The highest BCUT2D eigenvalue weighted by Crippen LogP contribution is 2.40. The summed E-state index contributed by atoms with van der Waals surface area (Å²) in [6.45, 7) is 3.82. The summed E-state index contributed by atoms with van der Waals surface area (Å²) in [7, 11) is 0. The third-order valence-corrected chi connectivity index (χ3v) is 4.58. The summed E-state index contributed by atoms with van der Waals surface area (Å²) in [6.07, 6.45) is 4.63. The van der Waals surface area contributed by atoms with Gasteiger partial charge in [0.15, 0.2) is 0 Å². The molecule has 0 bridgehead atoms. The number of anilines is 1. The summed E-state index contributed by atoms with van der Waals surface area (Å²) >= 11 is 0. The van der Waals surface area contributed by atoms with Crippen LogP contribution in [0.1, 0.15) is 35.9 Å². The average molecular weight is 271 g/mol. The maximum absolute atomic E-state index is 5.54. The van der Waals surface area contributed by atoms with E-state index in [9.17, 15) is 0 Å². The molecule has 3 N–H and O–H groups in total. The Balaban J connectivity index is 1.68. The molecule has 1 saturated heterocycles. The number of rotatable bonds is 2. The molecule has 3 heterocycles. The van der Waals surface area contributed by atoms with E-state index in [2.05, 4.69) is 40.4 Å². The van der Waals surface area contributed by atoms with Crippen molar-refractivity contribution in [3.05, 3.63) is 41.0 Å². The highest BCUT2D eigenvalue weighted by molar-refractivity contribution is 5.64. The van der Waals surface area contributed by atoms with Gasteiger partial charge in [0.2, 0.25) is 0 Å². The van der Waals surface area contributed by atoms with Gasteiger partial charge in [0, 0.05) is 19.1 Å². The van der Waals surface area contributed by atoms with Crippen molar-refractivity contribution in [1.29, 1.82) is 0 Å². The van der Waals surface area contributed by atoms with Crippen LogP contribution in [0, 0.1) is 0 Å². The molecule has 0 radical (unpaired) electrons. The monoisotopic (exact) mass is 271 g/mol. The fraction of sp³-hybridized carbons (Fsp3) is 0.500. The van der Waals surface area contributed by atoms with Crippen molar-refractivity contribution in [2.24, 2.45) is 0 Å². The van der Waals surface area contributed by atoms with E-state index >= 15 is 0 Å². The number of hydrogen-bond donors (Lipinski definition) is 3. The van der Waals surface area contributed by atoms with E-state index in [0.717, 1.165) is 39.1 Å². The van der Waals surface area contributed by atoms with Crippen LogP contribution in [-0.4, -0.2) is 26.3 Å². The maximum Gasteiger partial charge on any atom is 0.0753 e. The van der Waals surface area contributed by atoms with Gasteiger partial charge in [0.05, 0.1) is 18.3 Å². The Morgan fingerprint density at radius 2 is 2.15 bits per heavy atom. The van der Waals surface area contributed by atoms with Crippen LogP contribution in [-0.2, 0) is 4.74 Å². The van der Waals surface area contributed by atoms with Crippen LogP contribution in [0.2, 0.25) is 0 Å². The SMILES string of the molecule is C1=C(C2NNc3c2cccc3[C@@H]2CCOC2)CNCC1. The van der Waals surface area contributed by atoms with E-state index in [1.807, 2.05) is 0 Å². The minimum atomic E-state index is 0.306. The lowest BCUT2D eigenvalue weighted by Gasteiger charge is -2.20. The van der Waals surface area contributed by atoms with Gasteiger partial charge in [-0.25, -0.2) is 5.43 Å². The molecule has 0 spiro atoms. The van der Waals surface area contributed by atoms with Gasteiger partial charge in [-0.15, -0.1) is 0 Å². The molecule has 4 rings (SSSR count). The van der Waals surface area contributed by atoms with Crippen LogP contribution in [0.25, 0.3) is 0 Å². The number of hydrogen-bond acceptors (Lipinski definition) is 4. The minimum absolute atomic E-state index is 0.306. The second kappa shape index (κ2) is 5.20. The van der Waals surface area contributed by atoms with Gasteiger partial charge in [0.25, 0.3) is 0 Å². The minimum Gasteiger partial charge on any atom is -0.381 e. The fourth-order valence-corrected chi connectivity index (χ4v) is 3.49. The number of hydrazine groups is 1. The average Bonchev–Trinajstić information content (AvgIpc) is 3.17. The first-order chi connectivity index (χ1) is 9.93. The van der Waals surface area contributed by atoms with Crippen LogP contribution >= 0.6 is 0 Å². The number of fused-ring (bicyclic) bond motifs is 1. The van der Waals surface area contributed by atoms with Gasteiger partial charge in [0.1, 0.15) is 0 Å². The lowest BCUT2D eigenvalue weighted by molar-refractivity contribution is 0.194. The first-order valence-electron chi connectivity index (χ1n) is 7.55. The first-order valence-corrected chi connectivity index (χ1v) is 7.55. The third-order valence-electron chi connectivity index (χ3n) is 4.58. The van der Waals surface area contributed by atoms with E-state index in [1.165, 1.54) is 22.4 Å². The third kappa shape index (κ3) is 2.04. The molecule has 1 fully saturated rings. The molecule has 1 aromatic rings. The Hall–Kier alpha value is -1.36. The van der Waals surface area contributed by atoms with Gasteiger partial charge in [-0.2, -0.15) is 0 Å². The summed E-state index contributed by atoms with van der Waals surface area (Å²) in [5.41, 5.74) is 12.4. The quantitative estimate of drug-likeness (QED) is 0.721. The van der Waals surface area contributed by atoms with Crippen molar-refractivity contribution in [2.75, 3.05) is 31.7 Å². The molecule has 0 amide bonds. The highest BCUT2D eigenvalue weighted by atomic mass is 16.5. The second-order valence-electron chi connectivity index (χ2n) is 5.82. The fourth-order valence-electron chi connectivity index (χ4n) is 3.49. The van der Waals surface area contributed by atoms with Crippen molar-refractivity contribution < 1.29 is 4.74 Å². The van der Waals surface area contributed by atoms with Crippen LogP contribution in [0.4, 0.5) is 5.69 Å². The van der Waals surface area contributed by atoms with Gasteiger partial charge in [-0.1, -0.05) is 24.3 Å². The molecular weight excluding hydrogens is 250 g/mol. The van der Waals surface area contributed by atoms with Crippen LogP contribution in [0.5, 0.6) is 0 Å². The smallest absolute Gasteiger partial charge is 0.0753 e. The number of benzene rings is 1. The zero-order chi connectivity index (χ0) is 13.4. The van der Waals surface area contributed by atoms with Gasteiger partial charge < -0.3 is 15.5 Å². The van der Waals surface area contributed by atoms with Crippen molar-refractivity contribution in [2.45, 2.75) is 24.8 Å². The van der Waals surface area contributed by atoms with E-state index in [0.29, 0.717) is 12.0 Å². The molecule has 2 atom stereocenters. The zero-order valence-electron chi connectivity index (χ0n) is 11.6. The number of para-hydroxylation sites is 1. The molecule has 106 valence electrons. The predicted molar refractivity (Wildman–Crippen MR) is 79.7 cm³/mol.